The quantitative estimate of drug-likeness (QED) is 0.351. The summed E-state index contributed by atoms with van der Waals surface area (Å²) < 4.78 is 46.2. The van der Waals surface area contributed by atoms with E-state index in [1.807, 2.05) is 30.3 Å². The lowest BCUT2D eigenvalue weighted by Gasteiger charge is -2.28. The van der Waals surface area contributed by atoms with Crippen molar-refractivity contribution in [2.75, 3.05) is 17.9 Å². The van der Waals surface area contributed by atoms with Gasteiger partial charge in [-0.05, 0) is 61.0 Å². The average Bonchev–Trinajstić information content (AvgIpc) is 2.90. The van der Waals surface area contributed by atoms with Gasteiger partial charge in [0.1, 0.15) is 17.6 Å². The number of rotatable bonds is 12. The van der Waals surface area contributed by atoms with Crippen molar-refractivity contribution in [3.8, 4) is 5.75 Å². The van der Waals surface area contributed by atoms with Gasteiger partial charge < -0.3 is 15.0 Å². The molecule has 3 aromatic rings. The lowest BCUT2D eigenvalue weighted by Crippen LogP contribution is -2.49. The lowest BCUT2D eigenvalue weighted by molar-refractivity contribution is -0.142. The van der Waals surface area contributed by atoms with Crippen LogP contribution in [0.3, 0.4) is 0 Å². The fraction of sp³-hybridized carbons (Fsp3) is 0.185. The maximum Gasteiger partial charge on any atom is 0.261 e. The van der Waals surface area contributed by atoms with Crippen LogP contribution in [0.5, 0.6) is 5.75 Å². The minimum absolute atomic E-state index is 0.0336. The van der Waals surface area contributed by atoms with E-state index >= 15 is 0 Å². The topological polar surface area (TPSA) is 105 Å². The van der Waals surface area contributed by atoms with Gasteiger partial charge in [-0.2, -0.15) is 0 Å². The Labute approximate surface area is 215 Å². The lowest BCUT2D eigenvalue weighted by atomic mass is 10.1. The van der Waals surface area contributed by atoms with E-state index in [-0.39, 0.29) is 41.9 Å². The van der Waals surface area contributed by atoms with Gasteiger partial charge in [0, 0.05) is 18.8 Å². The zero-order valence-electron chi connectivity index (χ0n) is 20.3. The Hall–Kier alpha value is -4.18. The summed E-state index contributed by atoms with van der Waals surface area (Å²) in [5.41, 5.74) is 1.07. The number of benzene rings is 3. The predicted molar refractivity (Wildman–Crippen MR) is 139 cm³/mol. The fourth-order valence-corrected chi connectivity index (χ4v) is 4.42. The Balaban J connectivity index is 1.66. The molecule has 0 aliphatic heterocycles. The van der Waals surface area contributed by atoms with E-state index in [2.05, 4.69) is 16.6 Å². The van der Waals surface area contributed by atoms with Gasteiger partial charge in [-0.3, -0.25) is 14.3 Å². The minimum atomic E-state index is -3.91. The molecule has 0 aromatic heterocycles. The summed E-state index contributed by atoms with van der Waals surface area (Å²) in [4.78, 5) is 27.0. The van der Waals surface area contributed by atoms with Crippen molar-refractivity contribution in [2.24, 2.45) is 0 Å². The minimum Gasteiger partial charge on any atom is -0.484 e. The molecule has 0 saturated heterocycles. The first-order valence-electron chi connectivity index (χ1n) is 11.4. The van der Waals surface area contributed by atoms with Crippen LogP contribution in [0.2, 0.25) is 0 Å². The van der Waals surface area contributed by atoms with Crippen LogP contribution in [0.15, 0.2) is 96.4 Å². The number of nitrogens with one attached hydrogen (secondary N) is 2. The monoisotopic (exact) mass is 525 g/mol. The molecule has 0 saturated carbocycles. The van der Waals surface area contributed by atoms with Gasteiger partial charge in [0.15, 0.2) is 6.61 Å². The first-order chi connectivity index (χ1) is 17.7. The van der Waals surface area contributed by atoms with E-state index in [9.17, 15) is 22.4 Å². The highest BCUT2D eigenvalue weighted by atomic mass is 32.2. The molecular formula is C27H28FN3O5S. The first kappa shape index (κ1) is 27.4. The third kappa shape index (κ3) is 7.91. The normalized spacial score (nSPS) is 11.7. The first-order valence-corrected chi connectivity index (χ1v) is 12.9. The molecule has 0 heterocycles. The molecule has 2 N–H and O–H groups in total. The summed E-state index contributed by atoms with van der Waals surface area (Å²) in [6.45, 7) is 5.34. The molecule has 0 aliphatic carbocycles. The Morgan fingerprint density at radius 1 is 1.03 bits per heavy atom. The predicted octanol–water partition coefficient (Wildman–Crippen LogP) is 3.72. The Morgan fingerprint density at radius 3 is 2.30 bits per heavy atom. The standard InChI is InChI=1S/C27H28FN3O5S/c1-3-17-29-27(33)20(2)31(18-21-7-5-4-6-8-21)26(32)19-36-24-13-15-25(16-14-24)37(34,35)30-23-11-9-22(28)10-12-23/h3-16,20,30H,1,17-19H2,2H3,(H,29,33)/t20-/m0/s1. The molecule has 0 bridgehead atoms. The third-order valence-electron chi connectivity index (χ3n) is 5.38. The van der Waals surface area contributed by atoms with Gasteiger partial charge in [-0.25, -0.2) is 12.8 Å². The van der Waals surface area contributed by atoms with E-state index < -0.39 is 27.8 Å². The summed E-state index contributed by atoms with van der Waals surface area (Å²) in [6.07, 6.45) is 1.55. The number of nitrogens with zero attached hydrogens (tertiary/aromatic N) is 1. The van der Waals surface area contributed by atoms with Gasteiger partial charge in [-0.15, -0.1) is 6.58 Å². The van der Waals surface area contributed by atoms with Gasteiger partial charge >= 0.3 is 0 Å². The van der Waals surface area contributed by atoms with Crippen LogP contribution in [0.4, 0.5) is 10.1 Å². The van der Waals surface area contributed by atoms with Crippen LogP contribution >= 0.6 is 0 Å². The highest BCUT2D eigenvalue weighted by Crippen LogP contribution is 2.20. The summed E-state index contributed by atoms with van der Waals surface area (Å²) in [6, 6.07) is 18.9. The van der Waals surface area contributed by atoms with Crippen molar-refractivity contribution in [2.45, 2.75) is 24.4 Å². The second-order valence-electron chi connectivity index (χ2n) is 8.09. The Kier molecular flexibility index (Phi) is 9.39. The zero-order chi connectivity index (χ0) is 26.8. The average molecular weight is 526 g/mol. The SMILES string of the molecule is C=CCNC(=O)[C@H](C)N(Cc1ccccc1)C(=O)COc1ccc(S(=O)(=O)Nc2ccc(F)cc2)cc1. The molecule has 2 amide bonds. The van der Waals surface area contributed by atoms with E-state index in [0.29, 0.717) is 0 Å². The van der Waals surface area contributed by atoms with Crippen molar-refractivity contribution >= 4 is 27.5 Å². The van der Waals surface area contributed by atoms with E-state index in [1.54, 1.807) is 13.0 Å². The second kappa shape index (κ2) is 12.7. The molecule has 0 fully saturated rings. The molecule has 3 rings (SSSR count). The molecule has 1 atom stereocenters. The molecular weight excluding hydrogens is 497 g/mol. The van der Waals surface area contributed by atoms with Gasteiger partial charge in [0.25, 0.3) is 15.9 Å². The Bertz CT molecular complexity index is 1310. The van der Waals surface area contributed by atoms with Crippen molar-refractivity contribution < 1.29 is 27.1 Å². The number of sulfonamides is 1. The Morgan fingerprint density at radius 2 is 1.68 bits per heavy atom. The molecule has 8 nitrogen and oxygen atoms in total. The number of halogens is 1. The van der Waals surface area contributed by atoms with Crippen LogP contribution in [0, 0.1) is 5.82 Å². The number of hydrogen-bond donors (Lipinski definition) is 2. The molecule has 10 heteroatoms. The summed E-state index contributed by atoms with van der Waals surface area (Å²) in [7, 11) is -3.91. The van der Waals surface area contributed by atoms with Crippen LogP contribution in [0.25, 0.3) is 0 Å². The number of carbonyl (C=O) groups excluding carboxylic acids is 2. The van der Waals surface area contributed by atoms with Crippen LogP contribution in [-0.2, 0) is 26.2 Å². The summed E-state index contributed by atoms with van der Waals surface area (Å²) in [5.74, 6) is -0.946. The van der Waals surface area contributed by atoms with Crippen LogP contribution < -0.4 is 14.8 Å². The second-order valence-corrected chi connectivity index (χ2v) is 9.77. The molecule has 194 valence electrons. The third-order valence-corrected chi connectivity index (χ3v) is 6.77. The van der Waals surface area contributed by atoms with Crippen molar-refractivity contribution in [1.29, 1.82) is 0 Å². The molecule has 0 radical (unpaired) electrons. The summed E-state index contributed by atoms with van der Waals surface area (Å²) in [5, 5.41) is 2.69. The maximum absolute atomic E-state index is 13.1. The molecule has 0 aliphatic rings. The van der Waals surface area contributed by atoms with Crippen LogP contribution in [0.1, 0.15) is 12.5 Å². The molecule has 37 heavy (non-hydrogen) atoms. The summed E-state index contributed by atoms with van der Waals surface area (Å²) >= 11 is 0. The number of carbonyl (C=O) groups is 2. The van der Waals surface area contributed by atoms with E-state index in [0.717, 1.165) is 17.7 Å². The van der Waals surface area contributed by atoms with Crippen molar-refractivity contribution in [3.05, 3.63) is 103 Å². The molecule has 0 spiro atoms. The molecule has 0 unspecified atom stereocenters. The van der Waals surface area contributed by atoms with E-state index in [1.165, 1.54) is 41.3 Å². The highest BCUT2D eigenvalue weighted by molar-refractivity contribution is 7.92. The van der Waals surface area contributed by atoms with E-state index in [4.69, 9.17) is 4.74 Å². The smallest absolute Gasteiger partial charge is 0.261 e. The highest BCUT2D eigenvalue weighted by Gasteiger charge is 2.26. The van der Waals surface area contributed by atoms with Gasteiger partial charge in [-0.1, -0.05) is 36.4 Å². The van der Waals surface area contributed by atoms with Gasteiger partial charge in [0.05, 0.1) is 4.90 Å². The fourth-order valence-electron chi connectivity index (χ4n) is 3.36. The van der Waals surface area contributed by atoms with Crippen LogP contribution in [-0.4, -0.2) is 44.3 Å². The number of amides is 2. The van der Waals surface area contributed by atoms with Gasteiger partial charge in [0.2, 0.25) is 5.91 Å². The number of hydrogen-bond acceptors (Lipinski definition) is 5. The maximum atomic E-state index is 13.1. The molecule has 3 aromatic carbocycles. The zero-order valence-corrected chi connectivity index (χ0v) is 21.1. The van der Waals surface area contributed by atoms with Crippen molar-refractivity contribution in [3.63, 3.8) is 0 Å². The largest absolute Gasteiger partial charge is 0.484 e. The number of anilines is 1. The number of ether oxygens (including phenoxy) is 1. The van der Waals surface area contributed by atoms with Crippen molar-refractivity contribution in [1.82, 2.24) is 10.2 Å².